The van der Waals surface area contributed by atoms with Gasteiger partial charge in [0.1, 0.15) is 0 Å². The number of nitrogens with one attached hydrogen (secondary N) is 1. The third-order valence-corrected chi connectivity index (χ3v) is 0.884. The zero-order valence-electron chi connectivity index (χ0n) is 4.30. The summed E-state index contributed by atoms with van der Waals surface area (Å²) >= 11 is 4.32. The Bertz CT molecular complexity index is 117. The van der Waals surface area contributed by atoms with E-state index in [0.29, 0.717) is 10.5 Å². The van der Waals surface area contributed by atoms with Crippen LogP contribution in [0.5, 0.6) is 0 Å². The zero-order chi connectivity index (χ0) is 6.57. The molecule has 4 nitrogen and oxygen atoms in total. The van der Waals surface area contributed by atoms with Gasteiger partial charge in [0.05, 0.1) is 0 Å². The Hall–Kier alpha value is -0.623. The maximum atomic E-state index is 10.2. The summed E-state index contributed by atoms with van der Waals surface area (Å²) in [5, 5.41) is 2.01. The fourth-order valence-corrected chi connectivity index (χ4v) is 0.337. The summed E-state index contributed by atoms with van der Waals surface area (Å²) in [5.41, 5.74) is 4.90. The molecule has 46 valence electrons. The van der Waals surface area contributed by atoms with Gasteiger partial charge in [-0.15, -0.1) is 0 Å². The minimum absolute atomic E-state index is 0.0640. The van der Waals surface area contributed by atoms with Crippen LogP contribution in [0.15, 0.2) is 0 Å². The summed E-state index contributed by atoms with van der Waals surface area (Å²) in [4.78, 5) is 10.2. The average molecular weight is 150 g/mol. The Morgan fingerprint density at radius 1 is 1.88 bits per heavy atom. The highest BCUT2D eigenvalue weighted by Crippen LogP contribution is 1.66. The molecule has 0 aromatic rings. The maximum absolute atomic E-state index is 10.2. The van der Waals surface area contributed by atoms with Gasteiger partial charge in [-0.25, -0.2) is 4.79 Å². The molecule has 3 N–H and O–H groups in total. The molecule has 0 aliphatic heterocycles. The summed E-state index contributed by atoms with van der Waals surface area (Å²) < 4.78 is 4.28. The van der Waals surface area contributed by atoms with Crippen LogP contribution in [0, 0.1) is 0 Å². The molecule has 0 atom stereocenters. The molecule has 0 aliphatic rings. The van der Waals surface area contributed by atoms with Crippen molar-refractivity contribution in [3.63, 3.8) is 0 Å². The first-order valence-electron chi connectivity index (χ1n) is 1.81. The van der Waals surface area contributed by atoms with Gasteiger partial charge in [0.15, 0.2) is 5.11 Å². The second-order valence-corrected chi connectivity index (χ2v) is 1.83. The average Bonchev–Trinajstić information content (AvgIpc) is 1.65. The van der Waals surface area contributed by atoms with Crippen LogP contribution in [0.1, 0.15) is 0 Å². The molecular weight excluding hydrogens is 144 g/mol. The summed E-state index contributed by atoms with van der Waals surface area (Å²) in [7, 11) is 0.351. The molecule has 0 aromatic carbocycles. The van der Waals surface area contributed by atoms with Crippen LogP contribution in [0.4, 0.5) is 4.79 Å². The number of hydrogen-bond acceptors (Lipinski definition) is 3. The molecule has 0 saturated heterocycles. The number of rotatable bonds is 0. The fraction of sp³-hybridized carbons (Fsp3) is 0. The summed E-state index contributed by atoms with van der Waals surface area (Å²) in [6.45, 7) is 0. The van der Waals surface area contributed by atoms with Crippen molar-refractivity contribution in [2.75, 3.05) is 0 Å². The molecule has 0 saturated carbocycles. The number of carbonyl (C=O) groups is 1. The van der Waals surface area contributed by atoms with Gasteiger partial charge in [-0.2, -0.15) is 0 Å². The maximum Gasteiger partial charge on any atom is 0.399 e. The second kappa shape index (κ2) is 3.39. The molecule has 0 radical (unpaired) electrons. The Labute approximate surface area is 54.9 Å². The van der Waals surface area contributed by atoms with Crippen molar-refractivity contribution in [2.45, 2.75) is 0 Å². The number of nitrogens with two attached hydrogens (primary N) is 1. The first-order valence-corrected chi connectivity index (χ1v) is 3.03. The molecule has 0 heterocycles. The van der Waals surface area contributed by atoms with Crippen molar-refractivity contribution in [2.24, 2.45) is 5.73 Å². The van der Waals surface area contributed by atoms with E-state index in [1.54, 1.807) is 0 Å². The molecule has 0 bridgehead atoms. The lowest BCUT2D eigenvalue weighted by Gasteiger charge is -1.97. The third kappa shape index (κ3) is 3.56. The molecule has 0 rings (SSSR count). The minimum Gasteiger partial charge on any atom is -0.513 e. The van der Waals surface area contributed by atoms with E-state index in [-0.39, 0.29) is 5.11 Å². The largest absolute Gasteiger partial charge is 0.513 e. The Balaban J connectivity index is 3.40. The summed E-state index contributed by atoms with van der Waals surface area (Å²) in [6.07, 6.45) is -0.579. The van der Waals surface area contributed by atoms with Gasteiger partial charge < -0.3 is 10.2 Å². The van der Waals surface area contributed by atoms with Crippen LogP contribution in [-0.4, -0.2) is 21.7 Å². The van der Waals surface area contributed by atoms with Crippen molar-refractivity contribution in [1.29, 1.82) is 0 Å². The van der Waals surface area contributed by atoms with Crippen molar-refractivity contribution in [3.8, 4) is 0 Å². The summed E-state index contributed by atoms with van der Waals surface area (Å²) in [5.74, 6) is 0. The van der Waals surface area contributed by atoms with E-state index in [2.05, 4.69) is 22.0 Å². The van der Waals surface area contributed by atoms with Crippen LogP contribution < -0.4 is 11.1 Å². The smallest absolute Gasteiger partial charge is 0.399 e. The normalized spacial score (nSPS) is 8.00. The molecule has 1 amide bonds. The zero-order valence-corrected chi connectivity index (χ0v) is 7.12. The lowest BCUT2D eigenvalue weighted by Crippen LogP contribution is -2.34. The van der Waals surface area contributed by atoms with E-state index in [9.17, 15) is 4.79 Å². The minimum atomic E-state index is -0.579. The molecule has 0 aliphatic carbocycles. The van der Waals surface area contributed by atoms with E-state index in [0.717, 1.165) is 0 Å². The number of thiocarbonyl (C=S) groups is 1. The van der Waals surface area contributed by atoms with E-state index in [1.807, 2.05) is 0 Å². The quantitative estimate of drug-likeness (QED) is 0.317. The summed E-state index contributed by atoms with van der Waals surface area (Å²) in [6, 6.07) is 0. The Morgan fingerprint density at radius 2 is 2.38 bits per heavy atom. The van der Waals surface area contributed by atoms with E-state index >= 15 is 0 Å². The number of hydrogen-bond donors (Lipinski definition) is 2. The van der Waals surface area contributed by atoms with E-state index in [1.165, 1.54) is 0 Å². The molecule has 0 spiro atoms. The second-order valence-electron chi connectivity index (χ2n) is 0.981. The Morgan fingerprint density at radius 3 is 2.50 bits per heavy atom. The van der Waals surface area contributed by atoms with Crippen molar-refractivity contribution in [1.82, 2.24) is 5.32 Å². The lowest BCUT2D eigenvalue weighted by molar-refractivity contribution is 0.210. The van der Waals surface area contributed by atoms with E-state index < -0.39 is 6.09 Å². The Kier molecular flexibility index (Phi) is 3.12. The SMILES string of the molecule is NC(=S)NC(=O)O[SiH3]. The van der Waals surface area contributed by atoms with Crippen LogP contribution in [0.25, 0.3) is 0 Å². The van der Waals surface area contributed by atoms with Crippen LogP contribution >= 0.6 is 12.2 Å². The standard InChI is InChI=1S/C2H6N2O2SSi/c3-1(7)4-2(5)6-8/h8H3,(H3,3,4,5,7). The third-order valence-electron chi connectivity index (χ3n) is 0.411. The molecule has 8 heavy (non-hydrogen) atoms. The lowest BCUT2D eigenvalue weighted by atomic mass is 11.0. The fourth-order valence-electron chi connectivity index (χ4n) is 0.152. The predicted molar refractivity (Wildman–Crippen MR) is 36.3 cm³/mol. The molecule has 0 unspecified atom stereocenters. The molecule has 0 aromatic heterocycles. The van der Waals surface area contributed by atoms with Gasteiger partial charge in [-0.05, 0) is 12.2 Å². The highest BCUT2D eigenvalue weighted by Gasteiger charge is 1.94. The van der Waals surface area contributed by atoms with Crippen molar-refractivity contribution in [3.05, 3.63) is 0 Å². The van der Waals surface area contributed by atoms with Gasteiger partial charge in [0, 0.05) is 0 Å². The van der Waals surface area contributed by atoms with Crippen LogP contribution in [0.3, 0.4) is 0 Å². The monoisotopic (exact) mass is 150 g/mol. The molecular formula is C2H6N2O2SSi. The van der Waals surface area contributed by atoms with Crippen LogP contribution in [0.2, 0.25) is 0 Å². The van der Waals surface area contributed by atoms with Gasteiger partial charge in [-0.1, -0.05) is 0 Å². The highest BCUT2D eigenvalue weighted by molar-refractivity contribution is 7.80. The predicted octanol–water partition coefficient (Wildman–Crippen LogP) is -1.76. The highest BCUT2D eigenvalue weighted by atomic mass is 32.1. The first kappa shape index (κ1) is 7.38. The molecule has 6 heteroatoms. The number of amides is 1. The van der Waals surface area contributed by atoms with Gasteiger partial charge in [-0.3, -0.25) is 5.32 Å². The van der Waals surface area contributed by atoms with Crippen LogP contribution in [-0.2, 0) is 4.43 Å². The van der Waals surface area contributed by atoms with Gasteiger partial charge in [0.25, 0.3) is 0 Å². The van der Waals surface area contributed by atoms with E-state index in [4.69, 9.17) is 5.73 Å². The molecule has 0 fully saturated rings. The van der Waals surface area contributed by atoms with Gasteiger partial charge >= 0.3 is 6.09 Å². The van der Waals surface area contributed by atoms with Gasteiger partial charge in [0.2, 0.25) is 10.5 Å². The van der Waals surface area contributed by atoms with Crippen molar-refractivity contribution >= 4 is 33.9 Å². The number of carbonyl (C=O) groups excluding carboxylic acids is 1. The van der Waals surface area contributed by atoms with Crippen molar-refractivity contribution < 1.29 is 9.22 Å². The topological polar surface area (TPSA) is 64.3 Å². The first-order chi connectivity index (χ1) is 3.66.